The minimum absolute atomic E-state index is 0.689. The van der Waals surface area contributed by atoms with E-state index in [1.807, 2.05) is 0 Å². The summed E-state index contributed by atoms with van der Waals surface area (Å²) >= 11 is 0.689. The Balaban J connectivity index is 3.29. The third-order valence-corrected chi connectivity index (χ3v) is 4.49. The summed E-state index contributed by atoms with van der Waals surface area (Å²) in [6.45, 7) is 8.94. The molecular formula is C8H12Se. The summed E-state index contributed by atoms with van der Waals surface area (Å²) in [7, 11) is 0. The van der Waals surface area contributed by atoms with Crippen molar-refractivity contribution >= 4 is 14.5 Å². The van der Waals surface area contributed by atoms with E-state index in [2.05, 4.69) is 27.7 Å². The SMILES string of the molecule is Cc1[se]c(C)c(C)c1C. The minimum atomic E-state index is 0.689. The number of aryl methyl sites for hydroxylation is 2. The number of rotatable bonds is 0. The Labute approximate surface area is 62.6 Å². The van der Waals surface area contributed by atoms with Crippen molar-refractivity contribution in [2.75, 3.05) is 0 Å². The topological polar surface area (TPSA) is 0 Å². The zero-order chi connectivity index (χ0) is 7.02. The van der Waals surface area contributed by atoms with Crippen LogP contribution in [0.5, 0.6) is 0 Å². The third kappa shape index (κ3) is 1.12. The standard InChI is InChI=1S/C8H12Se/c1-5-6(2)8(4)9-7(5)3/h1-4H3. The molecule has 1 aromatic rings. The van der Waals surface area contributed by atoms with Crippen LogP contribution < -0.4 is 0 Å². The van der Waals surface area contributed by atoms with E-state index in [1.165, 1.54) is 11.1 Å². The van der Waals surface area contributed by atoms with E-state index >= 15 is 0 Å². The molecule has 1 heterocycles. The van der Waals surface area contributed by atoms with Crippen molar-refractivity contribution in [2.24, 2.45) is 0 Å². The first-order valence-electron chi connectivity index (χ1n) is 3.16. The van der Waals surface area contributed by atoms with Crippen LogP contribution in [-0.4, -0.2) is 14.5 Å². The van der Waals surface area contributed by atoms with Crippen molar-refractivity contribution in [1.82, 2.24) is 0 Å². The van der Waals surface area contributed by atoms with Crippen LogP contribution in [0.25, 0.3) is 0 Å². The van der Waals surface area contributed by atoms with Gasteiger partial charge in [-0.15, -0.1) is 0 Å². The summed E-state index contributed by atoms with van der Waals surface area (Å²) in [6, 6.07) is 0. The molecule has 0 N–H and O–H groups in total. The van der Waals surface area contributed by atoms with Crippen LogP contribution in [0.3, 0.4) is 0 Å². The van der Waals surface area contributed by atoms with Crippen LogP contribution >= 0.6 is 0 Å². The van der Waals surface area contributed by atoms with Crippen molar-refractivity contribution in [2.45, 2.75) is 27.7 Å². The molecule has 0 aliphatic carbocycles. The fourth-order valence-corrected chi connectivity index (χ4v) is 3.16. The molecule has 1 rings (SSSR count). The van der Waals surface area contributed by atoms with Gasteiger partial charge in [0.05, 0.1) is 0 Å². The van der Waals surface area contributed by atoms with E-state index in [-0.39, 0.29) is 0 Å². The molecule has 0 aliphatic rings. The molecule has 1 aromatic heterocycles. The van der Waals surface area contributed by atoms with Gasteiger partial charge in [0.25, 0.3) is 0 Å². The molecule has 0 bridgehead atoms. The predicted octanol–water partition coefficient (Wildman–Crippen LogP) is 1.98. The second kappa shape index (κ2) is 2.32. The van der Waals surface area contributed by atoms with Crippen molar-refractivity contribution in [1.29, 1.82) is 0 Å². The predicted molar refractivity (Wildman–Crippen MR) is 42.3 cm³/mol. The van der Waals surface area contributed by atoms with Gasteiger partial charge in [0.2, 0.25) is 0 Å². The van der Waals surface area contributed by atoms with E-state index in [0.29, 0.717) is 14.5 Å². The quantitative estimate of drug-likeness (QED) is 0.545. The Hall–Kier alpha value is -0.000519. The van der Waals surface area contributed by atoms with Crippen molar-refractivity contribution < 1.29 is 0 Å². The first-order valence-corrected chi connectivity index (χ1v) is 4.87. The van der Waals surface area contributed by atoms with Gasteiger partial charge in [0, 0.05) is 0 Å². The molecule has 0 unspecified atom stereocenters. The van der Waals surface area contributed by atoms with Gasteiger partial charge in [0.1, 0.15) is 0 Å². The van der Waals surface area contributed by atoms with Gasteiger partial charge in [-0.2, -0.15) is 0 Å². The molecule has 0 amide bonds. The number of hydrogen-bond donors (Lipinski definition) is 0. The first kappa shape index (κ1) is 7.11. The molecule has 0 atom stereocenters. The van der Waals surface area contributed by atoms with Crippen molar-refractivity contribution in [3.8, 4) is 0 Å². The van der Waals surface area contributed by atoms with E-state index < -0.39 is 0 Å². The zero-order valence-corrected chi connectivity index (χ0v) is 8.12. The normalized spacial score (nSPS) is 10.2. The summed E-state index contributed by atoms with van der Waals surface area (Å²) in [5.41, 5.74) is 3.07. The monoisotopic (exact) mass is 188 g/mol. The Morgan fingerprint density at radius 3 is 1.22 bits per heavy atom. The Morgan fingerprint density at radius 2 is 1.11 bits per heavy atom. The van der Waals surface area contributed by atoms with E-state index in [0.717, 1.165) is 0 Å². The van der Waals surface area contributed by atoms with Gasteiger partial charge in [-0.3, -0.25) is 0 Å². The Kier molecular flexibility index (Phi) is 1.83. The summed E-state index contributed by atoms with van der Waals surface area (Å²) in [5.74, 6) is 0. The van der Waals surface area contributed by atoms with Gasteiger partial charge in [-0.1, -0.05) is 0 Å². The molecule has 0 spiro atoms. The van der Waals surface area contributed by atoms with Gasteiger partial charge in [-0.25, -0.2) is 0 Å². The van der Waals surface area contributed by atoms with E-state index in [1.54, 1.807) is 8.87 Å². The molecule has 0 saturated heterocycles. The maximum absolute atomic E-state index is 2.25. The van der Waals surface area contributed by atoms with Crippen LogP contribution in [-0.2, 0) is 0 Å². The van der Waals surface area contributed by atoms with Crippen LogP contribution in [0.4, 0.5) is 0 Å². The van der Waals surface area contributed by atoms with Crippen LogP contribution in [0, 0.1) is 27.7 Å². The second-order valence-electron chi connectivity index (χ2n) is 2.46. The summed E-state index contributed by atoms with van der Waals surface area (Å²) in [5, 5.41) is 0. The fourth-order valence-electron chi connectivity index (χ4n) is 0.911. The van der Waals surface area contributed by atoms with Crippen LogP contribution in [0.2, 0.25) is 0 Å². The average molecular weight is 187 g/mol. The van der Waals surface area contributed by atoms with Crippen LogP contribution in [0.1, 0.15) is 20.0 Å². The van der Waals surface area contributed by atoms with Gasteiger partial charge < -0.3 is 0 Å². The van der Waals surface area contributed by atoms with Gasteiger partial charge in [0.15, 0.2) is 0 Å². The molecule has 0 aliphatic heterocycles. The maximum atomic E-state index is 2.25. The molecule has 9 heavy (non-hydrogen) atoms. The molecule has 50 valence electrons. The first-order chi connectivity index (χ1) is 4.13. The van der Waals surface area contributed by atoms with Gasteiger partial charge >= 0.3 is 62.2 Å². The molecule has 0 radical (unpaired) electrons. The Morgan fingerprint density at radius 1 is 0.778 bits per heavy atom. The van der Waals surface area contributed by atoms with Gasteiger partial charge in [-0.05, 0) is 0 Å². The summed E-state index contributed by atoms with van der Waals surface area (Å²) < 4.78 is 3.22. The summed E-state index contributed by atoms with van der Waals surface area (Å²) in [4.78, 5) is 0. The molecule has 0 aromatic carbocycles. The van der Waals surface area contributed by atoms with Crippen molar-refractivity contribution in [3.05, 3.63) is 20.0 Å². The molecular weight excluding hydrogens is 175 g/mol. The number of hydrogen-bond acceptors (Lipinski definition) is 0. The van der Waals surface area contributed by atoms with Crippen LogP contribution in [0.15, 0.2) is 0 Å². The molecule has 0 saturated carbocycles. The molecule has 1 heteroatoms. The Bertz CT molecular complexity index is 198. The van der Waals surface area contributed by atoms with E-state index in [9.17, 15) is 0 Å². The van der Waals surface area contributed by atoms with E-state index in [4.69, 9.17) is 0 Å². The third-order valence-electron chi connectivity index (χ3n) is 1.92. The van der Waals surface area contributed by atoms with Crippen molar-refractivity contribution in [3.63, 3.8) is 0 Å². The molecule has 0 nitrogen and oxygen atoms in total. The molecule has 0 fully saturated rings. The fraction of sp³-hybridized carbons (Fsp3) is 0.500. The second-order valence-corrected chi connectivity index (χ2v) is 5.46. The summed E-state index contributed by atoms with van der Waals surface area (Å²) in [6.07, 6.45) is 0. The average Bonchev–Trinajstić information content (AvgIpc) is 1.98. The zero-order valence-electron chi connectivity index (χ0n) is 6.41.